The highest BCUT2D eigenvalue weighted by molar-refractivity contribution is 5.00. The van der Waals surface area contributed by atoms with Crippen molar-refractivity contribution < 1.29 is 5.11 Å². The molecule has 1 atom stereocenters. The second kappa shape index (κ2) is 6.17. The zero-order chi connectivity index (χ0) is 13.1. The lowest BCUT2D eigenvalue weighted by atomic mass is 9.94. The van der Waals surface area contributed by atoms with Gasteiger partial charge in [-0.15, -0.1) is 0 Å². The summed E-state index contributed by atoms with van der Waals surface area (Å²) in [5, 5.41) is 9.56. The molecule has 0 bridgehead atoms. The molecule has 0 spiro atoms. The Morgan fingerprint density at radius 3 is 1.94 bits per heavy atom. The van der Waals surface area contributed by atoms with E-state index >= 15 is 0 Å². The molecule has 1 fully saturated rings. The second-order valence-electron chi connectivity index (χ2n) is 6.65. The van der Waals surface area contributed by atoms with E-state index in [1.54, 1.807) is 0 Å². The monoisotopic (exact) mass is 242 g/mol. The highest BCUT2D eigenvalue weighted by Crippen LogP contribution is 2.38. The van der Waals surface area contributed by atoms with Crippen LogP contribution in [-0.4, -0.2) is 41.8 Å². The van der Waals surface area contributed by atoms with E-state index in [2.05, 4.69) is 32.6 Å². The average Bonchev–Trinajstić information content (AvgIpc) is 2.98. The summed E-state index contributed by atoms with van der Waals surface area (Å²) >= 11 is 0. The SMILES string of the molecule is CC(C)CN(CC(C)C)CC(N)(CO)C1CC1. The lowest BCUT2D eigenvalue weighted by molar-refractivity contribution is 0.106. The highest BCUT2D eigenvalue weighted by atomic mass is 16.3. The van der Waals surface area contributed by atoms with Gasteiger partial charge < -0.3 is 15.7 Å². The van der Waals surface area contributed by atoms with Gasteiger partial charge in [0.05, 0.1) is 12.1 Å². The van der Waals surface area contributed by atoms with Gasteiger partial charge in [-0.2, -0.15) is 0 Å². The fourth-order valence-electron chi connectivity index (χ4n) is 2.62. The van der Waals surface area contributed by atoms with Crippen molar-refractivity contribution in [2.75, 3.05) is 26.2 Å². The quantitative estimate of drug-likeness (QED) is 0.681. The van der Waals surface area contributed by atoms with Gasteiger partial charge in [0.1, 0.15) is 0 Å². The number of hydrogen-bond donors (Lipinski definition) is 2. The molecular formula is C14H30N2O. The van der Waals surface area contributed by atoms with Crippen LogP contribution in [0.4, 0.5) is 0 Å². The van der Waals surface area contributed by atoms with Crippen molar-refractivity contribution in [1.82, 2.24) is 4.90 Å². The predicted octanol–water partition coefficient (Wildman–Crippen LogP) is 1.70. The van der Waals surface area contributed by atoms with Gasteiger partial charge in [0.15, 0.2) is 0 Å². The van der Waals surface area contributed by atoms with E-state index in [9.17, 15) is 5.11 Å². The molecule has 1 rings (SSSR count). The molecule has 1 aliphatic carbocycles. The van der Waals surface area contributed by atoms with Crippen LogP contribution in [0.15, 0.2) is 0 Å². The summed E-state index contributed by atoms with van der Waals surface area (Å²) in [6, 6.07) is 0. The van der Waals surface area contributed by atoms with E-state index < -0.39 is 0 Å². The van der Waals surface area contributed by atoms with Gasteiger partial charge in [-0.3, -0.25) is 0 Å². The molecule has 3 heteroatoms. The molecule has 0 aromatic carbocycles. The van der Waals surface area contributed by atoms with E-state index in [4.69, 9.17) is 5.73 Å². The Morgan fingerprint density at radius 1 is 1.18 bits per heavy atom. The minimum absolute atomic E-state index is 0.115. The van der Waals surface area contributed by atoms with Crippen LogP contribution >= 0.6 is 0 Å². The molecule has 17 heavy (non-hydrogen) atoms. The number of hydrogen-bond acceptors (Lipinski definition) is 3. The third-order valence-electron chi connectivity index (χ3n) is 3.45. The number of aliphatic hydroxyl groups is 1. The molecular weight excluding hydrogens is 212 g/mol. The Balaban J connectivity index is 2.56. The molecule has 0 aromatic rings. The number of nitrogens with zero attached hydrogens (tertiary/aromatic N) is 1. The molecule has 0 aliphatic heterocycles. The molecule has 0 heterocycles. The molecule has 1 aliphatic rings. The Kier molecular flexibility index (Phi) is 5.42. The summed E-state index contributed by atoms with van der Waals surface area (Å²) in [5.74, 6) is 1.83. The Bertz CT molecular complexity index is 216. The van der Waals surface area contributed by atoms with Crippen molar-refractivity contribution >= 4 is 0 Å². The third kappa shape index (κ3) is 4.94. The lowest BCUT2D eigenvalue weighted by Gasteiger charge is -2.36. The Labute approximate surface area is 106 Å². The summed E-state index contributed by atoms with van der Waals surface area (Å²) in [4.78, 5) is 2.43. The van der Waals surface area contributed by atoms with E-state index in [0.29, 0.717) is 17.8 Å². The van der Waals surface area contributed by atoms with Crippen LogP contribution in [0.1, 0.15) is 40.5 Å². The maximum Gasteiger partial charge on any atom is 0.0626 e. The zero-order valence-corrected chi connectivity index (χ0v) is 11.9. The van der Waals surface area contributed by atoms with Crippen molar-refractivity contribution in [2.45, 2.75) is 46.1 Å². The van der Waals surface area contributed by atoms with Crippen LogP contribution in [0.5, 0.6) is 0 Å². The second-order valence-corrected chi connectivity index (χ2v) is 6.65. The molecule has 0 saturated heterocycles. The van der Waals surface area contributed by atoms with Gasteiger partial charge in [0, 0.05) is 19.6 Å². The van der Waals surface area contributed by atoms with Gasteiger partial charge in [-0.05, 0) is 30.6 Å². The van der Waals surface area contributed by atoms with E-state index in [0.717, 1.165) is 19.6 Å². The van der Waals surface area contributed by atoms with Gasteiger partial charge in [0.2, 0.25) is 0 Å². The van der Waals surface area contributed by atoms with Crippen LogP contribution in [0.25, 0.3) is 0 Å². The van der Waals surface area contributed by atoms with Gasteiger partial charge in [0.25, 0.3) is 0 Å². The number of aliphatic hydroxyl groups excluding tert-OH is 1. The van der Waals surface area contributed by atoms with Crippen molar-refractivity contribution in [3.63, 3.8) is 0 Å². The summed E-state index contributed by atoms with van der Waals surface area (Å²) < 4.78 is 0. The topological polar surface area (TPSA) is 49.5 Å². The summed E-state index contributed by atoms with van der Waals surface area (Å²) in [7, 11) is 0. The molecule has 0 aromatic heterocycles. The minimum Gasteiger partial charge on any atom is -0.394 e. The highest BCUT2D eigenvalue weighted by Gasteiger charge is 2.42. The maximum atomic E-state index is 9.56. The van der Waals surface area contributed by atoms with E-state index in [-0.39, 0.29) is 12.1 Å². The molecule has 1 saturated carbocycles. The van der Waals surface area contributed by atoms with Gasteiger partial charge in [-0.25, -0.2) is 0 Å². The summed E-state index contributed by atoms with van der Waals surface area (Å²) in [5.41, 5.74) is 5.99. The first-order chi connectivity index (χ1) is 7.87. The van der Waals surface area contributed by atoms with Gasteiger partial charge in [-0.1, -0.05) is 27.7 Å². The van der Waals surface area contributed by atoms with Crippen LogP contribution in [0.2, 0.25) is 0 Å². The van der Waals surface area contributed by atoms with Crippen molar-refractivity contribution in [3.05, 3.63) is 0 Å². The molecule has 0 radical (unpaired) electrons. The standard InChI is InChI=1S/C14H30N2O/c1-11(2)7-16(8-12(3)4)9-14(15,10-17)13-5-6-13/h11-13,17H,5-10,15H2,1-4H3. The fraction of sp³-hybridized carbons (Fsp3) is 1.00. The molecule has 1 unspecified atom stereocenters. The molecule has 3 N–H and O–H groups in total. The predicted molar refractivity (Wildman–Crippen MR) is 72.8 cm³/mol. The normalized spacial score (nSPS) is 20.3. The van der Waals surface area contributed by atoms with E-state index in [1.165, 1.54) is 12.8 Å². The maximum absolute atomic E-state index is 9.56. The Morgan fingerprint density at radius 2 is 1.65 bits per heavy atom. The molecule has 0 amide bonds. The number of nitrogens with two attached hydrogens (primary N) is 1. The summed E-state index contributed by atoms with van der Waals surface area (Å²) in [6.45, 7) is 12.1. The fourth-order valence-corrected chi connectivity index (χ4v) is 2.62. The smallest absolute Gasteiger partial charge is 0.0626 e. The first-order valence-corrected chi connectivity index (χ1v) is 6.99. The number of rotatable bonds is 8. The van der Waals surface area contributed by atoms with Crippen LogP contribution in [0, 0.1) is 17.8 Å². The summed E-state index contributed by atoms with van der Waals surface area (Å²) in [6.07, 6.45) is 2.38. The first-order valence-electron chi connectivity index (χ1n) is 6.99. The zero-order valence-electron chi connectivity index (χ0n) is 11.9. The first kappa shape index (κ1) is 14.9. The van der Waals surface area contributed by atoms with Crippen LogP contribution in [-0.2, 0) is 0 Å². The molecule has 3 nitrogen and oxygen atoms in total. The third-order valence-corrected chi connectivity index (χ3v) is 3.45. The largest absolute Gasteiger partial charge is 0.394 e. The lowest BCUT2D eigenvalue weighted by Crippen LogP contribution is -2.56. The van der Waals surface area contributed by atoms with Crippen LogP contribution in [0.3, 0.4) is 0 Å². The minimum atomic E-state index is -0.371. The average molecular weight is 242 g/mol. The van der Waals surface area contributed by atoms with E-state index in [1.807, 2.05) is 0 Å². The van der Waals surface area contributed by atoms with Crippen molar-refractivity contribution in [3.8, 4) is 0 Å². The molecule has 102 valence electrons. The Hall–Kier alpha value is -0.120. The van der Waals surface area contributed by atoms with Gasteiger partial charge >= 0.3 is 0 Å². The van der Waals surface area contributed by atoms with Crippen molar-refractivity contribution in [1.29, 1.82) is 0 Å². The van der Waals surface area contributed by atoms with Crippen molar-refractivity contribution in [2.24, 2.45) is 23.5 Å². The van der Waals surface area contributed by atoms with Crippen LogP contribution < -0.4 is 5.73 Å².